The Kier molecular flexibility index (Phi) is 5.32. The van der Waals surface area contributed by atoms with Gasteiger partial charge in [0, 0.05) is 6.54 Å². The van der Waals surface area contributed by atoms with E-state index in [1.54, 1.807) is 11.9 Å². The van der Waals surface area contributed by atoms with Gasteiger partial charge in [-0.05, 0) is 19.5 Å². The third-order valence-corrected chi connectivity index (χ3v) is 1.48. The molecule has 0 aromatic rings. The van der Waals surface area contributed by atoms with Crippen LogP contribution in [-0.2, 0) is 0 Å². The van der Waals surface area contributed by atoms with Crippen LogP contribution in [0.2, 0.25) is 0 Å². The molecule has 0 rings (SSSR count). The molecule has 0 aromatic heterocycles. The van der Waals surface area contributed by atoms with Crippen LogP contribution in [0, 0.1) is 5.92 Å². The van der Waals surface area contributed by atoms with Crippen LogP contribution < -0.4 is 5.73 Å². The summed E-state index contributed by atoms with van der Waals surface area (Å²) in [7, 11) is 1.68. The number of alkyl halides is 2. The number of hydrogen-bond donors (Lipinski definition) is 1. The summed E-state index contributed by atoms with van der Waals surface area (Å²) in [6.45, 7) is 2.97. The quantitative estimate of drug-likeness (QED) is 0.654. The molecule has 2 N–H and O–H groups in total. The van der Waals surface area contributed by atoms with Crippen molar-refractivity contribution in [3.8, 4) is 0 Å². The highest BCUT2D eigenvalue weighted by molar-refractivity contribution is 4.59. The molecule has 0 saturated carbocycles. The molecule has 0 aliphatic carbocycles. The van der Waals surface area contributed by atoms with Gasteiger partial charge in [-0.25, -0.2) is 8.78 Å². The van der Waals surface area contributed by atoms with Crippen LogP contribution in [0.25, 0.3) is 0 Å². The van der Waals surface area contributed by atoms with Gasteiger partial charge in [-0.15, -0.1) is 0 Å². The van der Waals surface area contributed by atoms with Crippen LogP contribution in [0.3, 0.4) is 0 Å². The molecule has 0 amide bonds. The second-order valence-corrected chi connectivity index (χ2v) is 2.95. The number of rotatable bonds is 5. The van der Waals surface area contributed by atoms with E-state index in [-0.39, 0.29) is 6.54 Å². The fraction of sp³-hybridized carbons (Fsp3) is 1.00. The van der Waals surface area contributed by atoms with E-state index >= 15 is 0 Å². The highest BCUT2D eigenvalue weighted by atomic mass is 19.3. The van der Waals surface area contributed by atoms with Gasteiger partial charge in [0.25, 0.3) is 6.43 Å². The molecule has 1 atom stereocenters. The van der Waals surface area contributed by atoms with Crippen molar-refractivity contribution in [3.63, 3.8) is 0 Å². The molecule has 68 valence electrons. The minimum Gasteiger partial charge on any atom is -0.330 e. The first-order chi connectivity index (χ1) is 5.06. The summed E-state index contributed by atoms with van der Waals surface area (Å²) in [6, 6.07) is 0. The topological polar surface area (TPSA) is 29.3 Å². The Morgan fingerprint density at radius 2 is 1.91 bits per heavy atom. The van der Waals surface area contributed by atoms with Gasteiger partial charge in [-0.3, -0.25) is 0 Å². The molecular formula is C7H16F2N2. The van der Waals surface area contributed by atoms with Crippen LogP contribution in [-0.4, -0.2) is 38.0 Å². The average molecular weight is 166 g/mol. The van der Waals surface area contributed by atoms with Gasteiger partial charge in [0.1, 0.15) is 0 Å². The minimum atomic E-state index is -2.25. The molecular weight excluding hydrogens is 150 g/mol. The summed E-state index contributed by atoms with van der Waals surface area (Å²) in [5, 5.41) is 0. The van der Waals surface area contributed by atoms with Gasteiger partial charge in [-0.2, -0.15) is 0 Å². The summed E-state index contributed by atoms with van der Waals surface area (Å²) >= 11 is 0. The van der Waals surface area contributed by atoms with E-state index in [0.29, 0.717) is 19.0 Å². The molecule has 0 aromatic carbocycles. The standard InChI is InChI=1S/C7H16F2N2/c1-6(3-10)4-11(2)5-7(8)9/h6-7H,3-5,10H2,1-2H3. The van der Waals surface area contributed by atoms with Crippen LogP contribution in [0.1, 0.15) is 6.92 Å². The summed E-state index contributed by atoms with van der Waals surface area (Å²) < 4.78 is 23.5. The van der Waals surface area contributed by atoms with Crippen molar-refractivity contribution in [2.45, 2.75) is 13.3 Å². The average Bonchev–Trinajstić information content (AvgIpc) is 1.85. The third kappa shape index (κ3) is 6.19. The van der Waals surface area contributed by atoms with E-state index in [9.17, 15) is 8.78 Å². The van der Waals surface area contributed by atoms with Gasteiger partial charge in [0.05, 0.1) is 6.54 Å². The summed E-state index contributed by atoms with van der Waals surface area (Å²) in [5.74, 6) is 0.291. The molecule has 0 saturated heterocycles. The second-order valence-electron chi connectivity index (χ2n) is 2.95. The summed E-state index contributed by atoms with van der Waals surface area (Å²) in [5.41, 5.74) is 5.34. The van der Waals surface area contributed by atoms with Gasteiger partial charge >= 0.3 is 0 Å². The zero-order valence-corrected chi connectivity index (χ0v) is 7.06. The first-order valence-corrected chi connectivity index (χ1v) is 3.73. The molecule has 0 radical (unpaired) electrons. The minimum absolute atomic E-state index is 0.162. The lowest BCUT2D eigenvalue weighted by Gasteiger charge is -2.19. The number of hydrogen-bond acceptors (Lipinski definition) is 2. The first kappa shape index (κ1) is 10.8. The molecule has 2 nitrogen and oxygen atoms in total. The van der Waals surface area contributed by atoms with Crippen molar-refractivity contribution in [1.29, 1.82) is 0 Å². The molecule has 0 aliphatic rings. The van der Waals surface area contributed by atoms with Crippen LogP contribution in [0.5, 0.6) is 0 Å². The van der Waals surface area contributed by atoms with Gasteiger partial charge in [0.2, 0.25) is 0 Å². The van der Waals surface area contributed by atoms with Crippen molar-refractivity contribution < 1.29 is 8.78 Å². The lowest BCUT2D eigenvalue weighted by molar-refractivity contribution is 0.0949. The number of nitrogens with two attached hydrogens (primary N) is 1. The van der Waals surface area contributed by atoms with Gasteiger partial charge < -0.3 is 10.6 Å². The Labute approximate surface area is 66.4 Å². The fourth-order valence-electron chi connectivity index (χ4n) is 0.917. The maximum absolute atomic E-state index is 11.8. The zero-order valence-electron chi connectivity index (χ0n) is 7.06. The SMILES string of the molecule is CC(CN)CN(C)CC(F)F. The first-order valence-electron chi connectivity index (χ1n) is 3.73. The molecule has 11 heavy (non-hydrogen) atoms. The smallest absolute Gasteiger partial charge is 0.251 e. The number of nitrogens with zero attached hydrogens (tertiary/aromatic N) is 1. The van der Waals surface area contributed by atoms with Crippen molar-refractivity contribution >= 4 is 0 Å². The Morgan fingerprint density at radius 1 is 1.36 bits per heavy atom. The Hall–Kier alpha value is -0.220. The Balaban J connectivity index is 3.43. The van der Waals surface area contributed by atoms with Gasteiger partial charge in [-0.1, -0.05) is 6.92 Å². The Bertz CT molecular complexity index is 98.4. The van der Waals surface area contributed by atoms with E-state index < -0.39 is 6.43 Å². The molecule has 0 bridgehead atoms. The van der Waals surface area contributed by atoms with E-state index in [2.05, 4.69) is 0 Å². The van der Waals surface area contributed by atoms with Crippen molar-refractivity contribution in [2.24, 2.45) is 11.7 Å². The highest BCUT2D eigenvalue weighted by Gasteiger charge is 2.09. The lowest BCUT2D eigenvalue weighted by atomic mass is 10.2. The lowest BCUT2D eigenvalue weighted by Crippen LogP contribution is -2.31. The van der Waals surface area contributed by atoms with E-state index in [0.717, 1.165) is 0 Å². The fourth-order valence-corrected chi connectivity index (χ4v) is 0.917. The van der Waals surface area contributed by atoms with Crippen LogP contribution in [0.15, 0.2) is 0 Å². The largest absolute Gasteiger partial charge is 0.330 e. The van der Waals surface area contributed by atoms with E-state index in [1.165, 1.54) is 0 Å². The third-order valence-electron chi connectivity index (χ3n) is 1.48. The van der Waals surface area contributed by atoms with Gasteiger partial charge in [0.15, 0.2) is 0 Å². The highest BCUT2D eigenvalue weighted by Crippen LogP contribution is 1.99. The predicted molar refractivity (Wildman–Crippen MR) is 41.7 cm³/mol. The predicted octanol–water partition coefficient (Wildman–Crippen LogP) is 0.778. The second kappa shape index (κ2) is 5.43. The molecule has 0 heterocycles. The van der Waals surface area contributed by atoms with E-state index in [1.807, 2.05) is 6.92 Å². The maximum Gasteiger partial charge on any atom is 0.251 e. The molecule has 0 aliphatic heterocycles. The van der Waals surface area contributed by atoms with Crippen LogP contribution in [0.4, 0.5) is 8.78 Å². The monoisotopic (exact) mass is 166 g/mol. The van der Waals surface area contributed by atoms with E-state index in [4.69, 9.17) is 5.73 Å². The molecule has 0 spiro atoms. The normalized spacial score (nSPS) is 14.5. The maximum atomic E-state index is 11.8. The molecule has 4 heteroatoms. The Morgan fingerprint density at radius 3 is 2.27 bits per heavy atom. The van der Waals surface area contributed by atoms with Crippen molar-refractivity contribution in [3.05, 3.63) is 0 Å². The summed E-state index contributed by atoms with van der Waals surface area (Å²) in [4.78, 5) is 1.60. The molecule has 0 fully saturated rings. The van der Waals surface area contributed by atoms with Crippen LogP contribution >= 0.6 is 0 Å². The summed E-state index contributed by atoms with van der Waals surface area (Å²) in [6.07, 6.45) is -2.25. The number of halogens is 2. The van der Waals surface area contributed by atoms with Crippen molar-refractivity contribution in [1.82, 2.24) is 4.90 Å². The zero-order chi connectivity index (χ0) is 8.85. The molecule has 1 unspecified atom stereocenters. The van der Waals surface area contributed by atoms with Crippen molar-refractivity contribution in [2.75, 3.05) is 26.7 Å².